The minimum absolute atomic E-state index is 0.303. The molecule has 1 nitrogen and oxygen atoms in total. The Morgan fingerprint density at radius 3 is 2.33 bits per heavy atom. The van der Waals surface area contributed by atoms with Crippen LogP contribution in [0.2, 0.25) is 3.72 Å². The van der Waals surface area contributed by atoms with Crippen LogP contribution in [0.3, 0.4) is 0 Å². The molecule has 0 amide bonds. The predicted octanol–water partition coefficient (Wildman–Crippen LogP) is 6.46. The van der Waals surface area contributed by atoms with Gasteiger partial charge in [0.15, 0.2) is 0 Å². The van der Waals surface area contributed by atoms with Crippen LogP contribution < -0.4 is 4.22 Å². The van der Waals surface area contributed by atoms with E-state index in [9.17, 15) is 0 Å². The van der Waals surface area contributed by atoms with Crippen molar-refractivity contribution in [2.75, 3.05) is 0 Å². The van der Waals surface area contributed by atoms with Gasteiger partial charge in [0.05, 0.1) is 0 Å². The summed E-state index contributed by atoms with van der Waals surface area (Å²) in [5, 5.41) is 0. The van der Waals surface area contributed by atoms with Crippen molar-refractivity contribution in [2.24, 2.45) is 4.22 Å². The van der Waals surface area contributed by atoms with Crippen molar-refractivity contribution in [3.63, 3.8) is 0 Å². The summed E-state index contributed by atoms with van der Waals surface area (Å²) in [6.07, 6.45) is 5.31. The molecule has 1 aliphatic carbocycles. The molecule has 4 heteroatoms. The first-order valence-electron chi connectivity index (χ1n) is 8.37. The van der Waals surface area contributed by atoms with E-state index in [2.05, 4.69) is 62.4 Å². The Balaban J connectivity index is 1.85. The number of hydrogen-bond acceptors (Lipinski definition) is 1. The zero-order valence-corrected chi connectivity index (χ0v) is 17.2. The average Bonchev–Trinajstić information content (AvgIpc) is 2.90. The van der Waals surface area contributed by atoms with Crippen LogP contribution in [-0.4, -0.2) is 0 Å². The Hall–Kier alpha value is -0.566. The van der Waals surface area contributed by atoms with Crippen LogP contribution >= 0.6 is 18.6 Å². The summed E-state index contributed by atoms with van der Waals surface area (Å²) in [5.41, 5.74) is 3.76. The van der Waals surface area contributed by atoms with Crippen LogP contribution in [0.5, 0.6) is 0 Å². The molecule has 24 heavy (non-hydrogen) atoms. The third kappa shape index (κ3) is 3.52. The van der Waals surface area contributed by atoms with E-state index in [0.717, 1.165) is 12.0 Å². The Labute approximate surface area is 153 Å². The van der Waals surface area contributed by atoms with Gasteiger partial charge in [0.2, 0.25) is 0 Å². The Bertz CT molecular complexity index is 760. The fraction of sp³-hybridized carbons (Fsp3) is 0.300. The predicted molar refractivity (Wildman–Crippen MR) is 103 cm³/mol. The van der Waals surface area contributed by atoms with E-state index in [0.29, 0.717) is 10.6 Å². The molecule has 1 unspecified atom stereocenters. The van der Waals surface area contributed by atoms with Gasteiger partial charge in [-0.05, 0) is 0 Å². The van der Waals surface area contributed by atoms with E-state index in [1.165, 1.54) is 11.1 Å². The van der Waals surface area contributed by atoms with Crippen molar-refractivity contribution >= 4 is 24.7 Å². The molecule has 3 rings (SSSR count). The number of rotatable bonds is 5. The summed E-state index contributed by atoms with van der Waals surface area (Å²) in [7, 11) is 14.1. The van der Waals surface area contributed by atoms with Crippen molar-refractivity contribution in [3.8, 4) is 0 Å². The monoisotopic (exact) mass is 396 g/mol. The quantitative estimate of drug-likeness (QED) is 0.576. The van der Waals surface area contributed by atoms with Crippen LogP contribution in [-0.2, 0) is 18.2 Å². The molecule has 0 aromatic heterocycles. The molecule has 127 valence electrons. The molecule has 0 saturated heterocycles. The van der Waals surface area contributed by atoms with Gasteiger partial charge in [-0.3, -0.25) is 0 Å². The second-order valence-corrected chi connectivity index (χ2v) is 22.2. The number of allylic oxidation sites excluding steroid dienone is 1. The molecule has 1 atom stereocenters. The standard InChI is InChI=1S/C13H15.C7H7.2ClH.H2N.Ti/c1-10(2)9-12-8-7-11-5-3-4-6-13(11)12;1-7-5-3-2-4-6-7;;;;/h3-8,12H,9H2,1-2H3;2-6H,1H2;2*1H;1H2;/q;;;;-1;+3/p-2. The summed E-state index contributed by atoms with van der Waals surface area (Å²) >= 11 is -4.22. The van der Waals surface area contributed by atoms with Gasteiger partial charge in [-0.25, -0.2) is 0 Å². The van der Waals surface area contributed by atoms with Crippen LogP contribution in [0.4, 0.5) is 0 Å². The Morgan fingerprint density at radius 1 is 1.00 bits per heavy atom. The van der Waals surface area contributed by atoms with Crippen LogP contribution in [0.15, 0.2) is 60.7 Å². The third-order valence-corrected chi connectivity index (χ3v) is 17.0. The van der Waals surface area contributed by atoms with Crippen LogP contribution in [0, 0.1) is 0 Å². The van der Waals surface area contributed by atoms with E-state index in [4.69, 9.17) is 22.8 Å². The SMILES string of the molecule is C[C](C)(CC1C=Cc2ccccc21)[Ti]([NH2])([Cl])([Cl])[CH2]c1ccccc1. The number of fused-ring (bicyclic) bond motifs is 1. The molecule has 2 N–H and O–H groups in total. The molecular weight excluding hydrogens is 373 g/mol. The van der Waals surface area contributed by atoms with Gasteiger partial charge in [0.25, 0.3) is 0 Å². The summed E-state index contributed by atoms with van der Waals surface area (Å²) in [6.45, 7) is 4.28. The van der Waals surface area contributed by atoms with Crippen LogP contribution in [0.1, 0.15) is 42.9 Å². The van der Waals surface area contributed by atoms with Gasteiger partial charge in [0.1, 0.15) is 0 Å². The molecule has 0 bridgehead atoms. The van der Waals surface area contributed by atoms with Crippen molar-refractivity contribution in [3.05, 3.63) is 77.4 Å². The van der Waals surface area contributed by atoms with Crippen molar-refractivity contribution in [1.82, 2.24) is 0 Å². The zero-order chi connectivity index (χ0) is 17.4. The maximum absolute atomic E-state index is 7.03. The summed E-state index contributed by atoms with van der Waals surface area (Å²) < 4.78 is 7.05. The molecule has 1 aliphatic rings. The molecule has 0 radical (unpaired) electrons. The van der Waals surface area contributed by atoms with E-state index < -0.39 is 13.4 Å². The molecule has 0 saturated carbocycles. The topological polar surface area (TPSA) is 26.0 Å². The Morgan fingerprint density at radius 2 is 1.62 bits per heavy atom. The fourth-order valence-electron chi connectivity index (χ4n) is 3.47. The number of benzene rings is 2. The number of nitrogens with two attached hydrogens (primary N) is 1. The molecule has 0 heterocycles. The van der Waals surface area contributed by atoms with Gasteiger partial charge in [-0.2, -0.15) is 0 Å². The molecule has 0 aliphatic heterocycles. The summed E-state index contributed by atoms with van der Waals surface area (Å²) in [5.74, 6) is 0.330. The van der Waals surface area contributed by atoms with E-state index in [1.54, 1.807) is 0 Å². The van der Waals surface area contributed by atoms with Crippen molar-refractivity contribution in [2.45, 2.75) is 34.6 Å². The zero-order valence-electron chi connectivity index (χ0n) is 14.2. The Kier molecular flexibility index (Phi) is 4.79. The minimum atomic E-state index is -4.22. The molecule has 0 fully saturated rings. The third-order valence-electron chi connectivity index (χ3n) is 5.39. The van der Waals surface area contributed by atoms with E-state index >= 15 is 0 Å². The number of hydrogen-bond donors (Lipinski definition) is 1. The maximum atomic E-state index is 7.03. The first kappa shape index (κ1) is 18.2. The molecule has 2 aromatic carbocycles. The first-order valence-corrected chi connectivity index (χ1v) is 15.5. The van der Waals surface area contributed by atoms with E-state index in [1.807, 2.05) is 18.2 Å². The van der Waals surface area contributed by atoms with E-state index in [-0.39, 0.29) is 3.72 Å². The normalized spacial score (nSPS) is 18.9. The van der Waals surface area contributed by atoms with Gasteiger partial charge in [-0.15, -0.1) is 0 Å². The molecule has 2 aromatic rings. The first-order chi connectivity index (χ1) is 11.2. The van der Waals surface area contributed by atoms with Gasteiger partial charge >= 0.3 is 154 Å². The second kappa shape index (κ2) is 6.30. The fourth-order valence-corrected chi connectivity index (χ4v) is 8.66. The molecular formula is C20H24Cl2NTi. The summed E-state index contributed by atoms with van der Waals surface area (Å²) in [4.78, 5) is 0. The second-order valence-electron chi connectivity index (χ2n) is 7.62. The van der Waals surface area contributed by atoms with Gasteiger partial charge < -0.3 is 0 Å². The average molecular weight is 397 g/mol. The van der Waals surface area contributed by atoms with Crippen LogP contribution in [0.25, 0.3) is 6.08 Å². The number of halogens is 2. The van der Waals surface area contributed by atoms with Crippen molar-refractivity contribution < 1.29 is 13.4 Å². The van der Waals surface area contributed by atoms with Gasteiger partial charge in [-0.1, -0.05) is 0 Å². The molecule has 0 spiro atoms. The summed E-state index contributed by atoms with van der Waals surface area (Å²) in [6, 6.07) is 18.6. The van der Waals surface area contributed by atoms with Crippen molar-refractivity contribution in [1.29, 1.82) is 0 Å². The van der Waals surface area contributed by atoms with Gasteiger partial charge in [0, 0.05) is 0 Å².